The van der Waals surface area contributed by atoms with E-state index < -0.39 is 0 Å². The fraction of sp³-hybridized carbons (Fsp3) is 0.591. The molecule has 0 aromatic heterocycles. The predicted octanol–water partition coefficient (Wildman–Crippen LogP) is 5.26. The zero-order valence-corrected chi connectivity index (χ0v) is 14.8. The van der Waals surface area contributed by atoms with Crippen LogP contribution in [0.1, 0.15) is 68.6 Å². The van der Waals surface area contributed by atoms with Gasteiger partial charge in [0.1, 0.15) is 5.75 Å². The molecule has 1 aromatic carbocycles. The summed E-state index contributed by atoms with van der Waals surface area (Å²) < 4.78 is 0. The van der Waals surface area contributed by atoms with Crippen LogP contribution in [0, 0.1) is 28.6 Å². The highest BCUT2D eigenvalue weighted by molar-refractivity contribution is 5.46. The van der Waals surface area contributed by atoms with Crippen molar-refractivity contribution in [2.75, 3.05) is 0 Å². The quantitative estimate of drug-likeness (QED) is 0.717. The first-order chi connectivity index (χ1) is 11.6. The van der Waals surface area contributed by atoms with Gasteiger partial charge in [0.25, 0.3) is 0 Å². The Morgan fingerprint density at radius 1 is 1.29 bits per heavy atom. The van der Waals surface area contributed by atoms with E-state index in [9.17, 15) is 5.11 Å². The summed E-state index contributed by atoms with van der Waals surface area (Å²) in [6.07, 6.45) is 9.85. The maximum atomic E-state index is 10.2. The third kappa shape index (κ3) is 2.14. The van der Waals surface area contributed by atoms with Gasteiger partial charge in [-0.1, -0.05) is 25.5 Å². The molecule has 4 atom stereocenters. The molecule has 4 unspecified atom stereocenters. The van der Waals surface area contributed by atoms with Gasteiger partial charge >= 0.3 is 0 Å². The maximum Gasteiger partial charge on any atom is 0.119 e. The van der Waals surface area contributed by atoms with Gasteiger partial charge in [0.2, 0.25) is 0 Å². The number of fused-ring (bicyclic) bond motifs is 5. The number of allylic oxidation sites excluding steroid dienone is 2. The molecule has 4 rings (SSSR count). The maximum absolute atomic E-state index is 10.2. The zero-order valence-electron chi connectivity index (χ0n) is 14.8. The van der Waals surface area contributed by atoms with Gasteiger partial charge in [0.15, 0.2) is 0 Å². The van der Waals surface area contributed by atoms with E-state index in [1.165, 1.54) is 42.4 Å². The topological polar surface area (TPSA) is 44.0 Å². The van der Waals surface area contributed by atoms with Crippen molar-refractivity contribution in [3.05, 3.63) is 40.5 Å². The highest BCUT2D eigenvalue weighted by Crippen LogP contribution is 2.62. The van der Waals surface area contributed by atoms with E-state index >= 15 is 0 Å². The summed E-state index contributed by atoms with van der Waals surface area (Å²) in [7, 11) is 0. The highest BCUT2D eigenvalue weighted by Gasteiger charge is 2.52. The molecule has 2 saturated carbocycles. The lowest BCUT2D eigenvalue weighted by Crippen LogP contribution is -2.40. The summed E-state index contributed by atoms with van der Waals surface area (Å²) in [6, 6.07) is 6.62. The van der Waals surface area contributed by atoms with E-state index in [1.54, 1.807) is 0 Å². The van der Waals surface area contributed by atoms with Crippen LogP contribution in [0.4, 0.5) is 0 Å². The van der Waals surface area contributed by atoms with E-state index in [1.807, 2.05) is 12.1 Å². The molecule has 0 radical (unpaired) electrons. The number of phenolic OH excluding ortho intramolecular Hbond substituents is 1. The monoisotopic (exact) mass is 321 g/mol. The van der Waals surface area contributed by atoms with Crippen LogP contribution in [-0.2, 0) is 12.8 Å². The predicted molar refractivity (Wildman–Crippen MR) is 95.8 cm³/mol. The minimum Gasteiger partial charge on any atom is -0.508 e. The lowest BCUT2D eigenvalue weighted by molar-refractivity contribution is 0.0814. The first-order valence-electron chi connectivity index (χ1n) is 9.52. The number of rotatable bonds is 1. The number of benzene rings is 1. The Morgan fingerprint density at radius 3 is 2.88 bits per heavy atom. The van der Waals surface area contributed by atoms with Crippen LogP contribution in [0.25, 0.3) is 0 Å². The molecule has 0 aliphatic heterocycles. The number of hydrogen-bond acceptors (Lipinski definition) is 2. The third-order valence-corrected chi connectivity index (χ3v) is 7.39. The zero-order chi connectivity index (χ0) is 16.9. The van der Waals surface area contributed by atoms with Crippen LogP contribution in [0.15, 0.2) is 23.8 Å². The van der Waals surface area contributed by atoms with Gasteiger partial charge < -0.3 is 5.11 Å². The average Bonchev–Trinajstić information content (AvgIpc) is 2.91. The molecule has 3 aliphatic carbocycles. The number of aryl methyl sites for hydroxylation is 2. The molecule has 2 nitrogen and oxygen atoms in total. The lowest BCUT2D eigenvalue weighted by atomic mass is 9.55. The van der Waals surface area contributed by atoms with Gasteiger partial charge in [-0.3, -0.25) is 0 Å². The summed E-state index contributed by atoms with van der Waals surface area (Å²) >= 11 is 0. The van der Waals surface area contributed by atoms with Gasteiger partial charge in [0.05, 0.1) is 6.07 Å². The number of nitrogens with zero attached hydrogens (tertiary/aromatic N) is 1. The van der Waals surface area contributed by atoms with E-state index in [0.29, 0.717) is 11.7 Å². The van der Waals surface area contributed by atoms with Gasteiger partial charge in [0, 0.05) is 6.08 Å². The summed E-state index contributed by atoms with van der Waals surface area (Å²) in [5.74, 6) is 2.60. The van der Waals surface area contributed by atoms with Crippen LogP contribution in [-0.4, -0.2) is 5.11 Å². The molecule has 2 fully saturated rings. The molecular weight excluding hydrogens is 294 g/mol. The molecule has 0 bridgehead atoms. The van der Waals surface area contributed by atoms with Crippen molar-refractivity contribution in [1.82, 2.24) is 0 Å². The molecular formula is C22H27NO. The number of nitriles is 1. The Hall–Kier alpha value is -1.75. The fourth-order valence-electron chi connectivity index (χ4n) is 6.10. The van der Waals surface area contributed by atoms with Crippen molar-refractivity contribution in [2.45, 2.75) is 64.7 Å². The van der Waals surface area contributed by atoms with Gasteiger partial charge in [-0.25, -0.2) is 0 Å². The first kappa shape index (κ1) is 15.8. The average molecular weight is 321 g/mol. The van der Waals surface area contributed by atoms with Crippen molar-refractivity contribution >= 4 is 0 Å². The van der Waals surface area contributed by atoms with Gasteiger partial charge in [-0.05, 0) is 90.9 Å². The first-order valence-corrected chi connectivity index (χ1v) is 9.52. The van der Waals surface area contributed by atoms with Crippen molar-refractivity contribution in [2.24, 2.45) is 17.3 Å². The smallest absolute Gasteiger partial charge is 0.119 e. The molecule has 2 heteroatoms. The van der Waals surface area contributed by atoms with Crippen molar-refractivity contribution in [3.63, 3.8) is 0 Å². The summed E-state index contributed by atoms with van der Waals surface area (Å²) in [6.45, 7) is 4.53. The second-order valence-corrected chi connectivity index (χ2v) is 8.24. The molecule has 126 valence electrons. The minimum absolute atomic E-state index is 0.249. The second kappa shape index (κ2) is 5.66. The van der Waals surface area contributed by atoms with Gasteiger partial charge in [-0.2, -0.15) is 5.26 Å². The molecule has 0 saturated heterocycles. The standard InChI is InChI=1S/C22H27NO/c1-3-14-12-19-15(13-21(14)24)4-6-18-17(19)8-10-22(2)16(9-11-23)5-7-20(18)22/h9,12-13,17-18,20,24H,3-8,10H2,1-2H3. The third-order valence-electron chi connectivity index (χ3n) is 7.39. The molecule has 3 aliphatic rings. The van der Waals surface area contributed by atoms with Crippen LogP contribution >= 0.6 is 0 Å². The van der Waals surface area contributed by atoms with E-state index in [0.717, 1.165) is 36.7 Å². The largest absolute Gasteiger partial charge is 0.508 e. The second-order valence-electron chi connectivity index (χ2n) is 8.24. The molecule has 1 aromatic rings. The fourth-order valence-corrected chi connectivity index (χ4v) is 6.10. The van der Waals surface area contributed by atoms with Crippen molar-refractivity contribution < 1.29 is 5.11 Å². The van der Waals surface area contributed by atoms with Gasteiger partial charge in [-0.15, -0.1) is 0 Å². The Labute approximate surface area is 145 Å². The Balaban J connectivity index is 1.72. The van der Waals surface area contributed by atoms with Crippen molar-refractivity contribution in [1.29, 1.82) is 5.26 Å². The minimum atomic E-state index is 0.249. The SMILES string of the molecule is CCc1cc2c(cc1O)CCC1C2CCC2(C)C(=CC#N)CCC12. The van der Waals surface area contributed by atoms with Crippen LogP contribution in [0.5, 0.6) is 5.75 Å². The lowest BCUT2D eigenvalue weighted by Gasteiger charge is -2.49. The number of aromatic hydroxyl groups is 1. The Morgan fingerprint density at radius 2 is 2.12 bits per heavy atom. The van der Waals surface area contributed by atoms with E-state index in [4.69, 9.17) is 5.26 Å². The molecule has 0 spiro atoms. The molecule has 0 amide bonds. The number of phenols is 1. The van der Waals surface area contributed by atoms with Crippen molar-refractivity contribution in [3.8, 4) is 11.8 Å². The Kier molecular flexibility index (Phi) is 3.71. The summed E-state index contributed by atoms with van der Waals surface area (Å²) in [5.41, 5.74) is 5.64. The number of hydrogen-bond donors (Lipinski definition) is 1. The highest BCUT2D eigenvalue weighted by atomic mass is 16.3. The molecule has 0 heterocycles. The summed E-state index contributed by atoms with van der Waals surface area (Å²) in [4.78, 5) is 0. The van der Waals surface area contributed by atoms with E-state index in [2.05, 4.69) is 26.0 Å². The molecule has 24 heavy (non-hydrogen) atoms. The van der Waals surface area contributed by atoms with E-state index in [-0.39, 0.29) is 5.41 Å². The normalized spacial score (nSPS) is 35.9. The van der Waals surface area contributed by atoms with Crippen LogP contribution in [0.2, 0.25) is 0 Å². The summed E-state index contributed by atoms with van der Waals surface area (Å²) in [5, 5.41) is 19.3. The molecule has 1 N–H and O–H groups in total. The Bertz CT molecular complexity index is 741. The van der Waals surface area contributed by atoms with Crippen LogP contribution < -0.4 is 0 Å². The van der Waals surface area contributed by atoms with Crippen LogP contribution in [0.3, 0.4) is 0 Å².